The molecule has 1 heterocycles. The summed E-state index contributed by atoms with van der Waals surface area (Å²) in [7, 11) is 0. The molecular weight excluding hydrogens is 344 g/mol. The molecule has 0 aromatic heterocycles. The number of aliphatic hydroxyl groups is 1. The molecule has 2 N–H and O–H groups in total. The molecule has 0 bridgehead atoms. The highest BCUT2D eigenvalue weighted by molar-refractivity contribution is 6.11. The van der Waals surface area contributed by atoms with Gasteiger partial charge in [-0.2, -0.15) is 5.26 Å². The van der Waals surface area contributed by atoms with E-state index in [0.717, 1.165) is 0 Å². The van der Waals surface area contributed by atoms with Crippen LogP contribution in [0, 0.1) is 16.7 Å². The van der Waals surface area contributed by atoms with Gasteiger partial charge >= 0.3 is 0 Å². The maximum Gasteiger partial charge on any atom is 0.266 e. The van der Waals surface area contributed by atoms with Gasteiger partial charge in [-0.3, -0.25) is 4.79 Å². The monoisotopic (exact) mass is 366 g/mol. The summed E-state index contributed by atoms with van der Waals surface area (Å²) in [4.78, 5) is 14.6. The van der Waals surface area contributed by atoms with Crippen LogP contribution in [0.3, 0.4) is 0 Å². The Labute approximate surface area is 158 Å². The minimum absolute atomic E-state index is 0.0229. The quantitative estimate of drug-likeness (QED) is 0.861. The van der Waals surface area contributed by atoms with Gasteiger partial charge in [0.15, 0.2) is 5.75 Å². The first kappa shape index (κ1) is 18.7. The van der Waals surface area contributed by atoms with E-state index in [1.807, 2.05) is 20.8 Å². The zero-order valence-corrected chi connectivity index (χ0v) is 15.6. The molecule has 1 amide bonds. The van der Waals surface area contributed by atoms with E-state index in [1.54, 1.807) is 30.3 Å². The lowest BCUT2D eigenvalue weighted by Crippen LogP contribution is -2.38. The van der Waals surface area contributed by atoms with E-state index < -0.39 is 12.0 Å². The predicted molar refractivity (Wildman–Crippen MR) is 101 cm³/mol. The summed E-state index contributed by atoms with van der Waals surface area (Å²) in [5.41, 5.74) is 0.677. The second-order valence-electron chi connectivity index (χ2n) is 7.88. The molecule has 1 aliphatic heterocycles. The third kappa shape index (κ3) is 3.88. The molecule has 0 spiro atoms. The molecule has 140 valence electrons. The van der Waals surface area contributed by atoms with Crippen molar-refractivity contribution in [1.82, 2.24) is 0 Å². The van der Waals surface area contributed by atoms with Gasteiger partial charge in [0.25, 0.3) is 5.91 Å². The number of hydrogen-bond donors (Lipinski definition) is 2. The summed E-state index contributed by atoms with van der Waals surface area (Å²) in [6.07, 6.45) is -0.293. The molecule has 0 aliphatic carbocycles. The van der Waals surface area contributed by atoms with Gasteiger partial charge in [0.2, 0.25) is 0 Å². The number of rotatable bonds is 3. The Kier molecular flexibility index (Phi) is 4.81. The van der Waals surface area contributed by atoms with Gasteiger partial charge in [-0.1, -0.05) is 26.8 Å². The van der Waals surface area contributed by atoms with E-state index >= 15 is 0 Å². The second kappa shape index (κ2) is 6.93. The molecule has 6 heteroatoms. The lowest BCUT2D eigenvalue weighted by atomic mass is 9.89. The Balaban J connectivity index is 2.10. The van der Waals surface area contributed by atoms with Crippen LogP contribution in [0.5, 0.6) is 17.2 Å². The molecule has 0 fully saturated rings. The minimum atomic E-state index is -0.778. The van der Waals surface area contributed by atoms with Gasteiger partial charge in [0.1, 0.15) is 17.1 Å². The van der Waals surface area contributed by atoms with Crippen LogP contribution in [-0.2, 0) is 0 Å². The fourth-order valence-electron chi connectivity index (χ4n) is 3.23. The van der Waals surface area contributed by atoms with Gasteiger partial charge < -0.3 is 19.8 Å². The van der Waals surface area contributed by atoms with E-state index in [0.29, 0.717) is 23.4 Å². The van der Waals surface area contributed by atoms with Crippen LogP contribution in [0.1, 0.15) is 43.1 Å². The second-order valence-corrected chi connectivity index (χ2v) is 7.88. The van der Waals surface area contributed by atoms with Crippen LogP contribution < -0.4 is 9.64 Å². The van der Waals surface area contributed by atoms with Crippen molar-refractivity contribution >= 4 is 11.6 Å². The number of benzene rings is 2. The SMILES string of the molecule is CC(C)(C)C[C@@H](O)CN1C(=O)c2c(O)cccc2Oc2ccc(C#N)cc21. The number of β-amino-alcohol motifs (C(OH)–C–C–N with tert-alkyl or cyclic N) is 1. The highest BCUT2D eigenvalue weighted by Gasteiger charge is 2.32. The van der Waals surface area contributed by atoms with Crippen LogP contribution in [0.25, 0.3) is 0 Å². The van der Waals surface area contributed by atoms with Crippen molar-refractivity contribution in [3.8, 4) is 23.3 Å². The first-order chi connectivity index (χ1) is 12.7. The van der Waals surface area contributed by atoms with Crippen molar-refractivity contribution in [3.05, 3.63) is 47.5 Å². The van der Waals surface area contributed by atoms with Crippen molar-refractivity contribution < 1.29 is 19.7 Å². The number of ether oxygens (including phenoxy) is 1. The normalized spacial score (nSPS) is 14.5. The number of amides is 1. The number of nitriles is 1. The maximum atomic E-state index is 13.2. The van der Waals surface area contributed by atoms with E-state index in [-0.39, 0.29) is 29.0 Å². The third-order valence-electron chi connectivity index (χ3n) is 4.30. The molecule has 1 aliphatic rings. The van der Waals surface area contributed by atoms with Crippen molar-refractivity contribution in [2.24, 2.45) is 5.41 Å². The minimum Gasteiger partial charge on any atom is -0.507 e. The number of fused-ring (bicyclic) bond motifs is 2. The number of aromatic hydroxyl groups is 1. The van der Waals surface area contributed by atoms with Crippen molar-refractivity contribution in [2.45, 2.75) is 33.3 Å². The summed E-state index contributed by atoms with van der Waals surface area (Å²) in [5.74, 6) is -0.0561. The molecule has 1 atom stereocenters. The molecule has 27 heavy (non-hydrogen) atoms. The van der Waals surface area contributed by atoms with Gasteiger partial charge in [-0.15, -0.1) is 0 Å². The molecule has 0 unspecified atom stereocenters. The van der Waals surface area contributed by atoms with Crippen molar-refractivity contribution in [2.75, 3.05) is 11.4 Å². The summed E-state index contributed by atoms with van der Waals surface area (Å²) in [5, 5.41) is 30.0. The Morgan fingerprint density at radius 1 is 1.22 bits per heavy atom. The zero-order valence-electron chi connectivity index (χ0n) is 15.6. The fraction of sp³-hybridized carbons (Fsp3) is 0.333. The highest BCUT2D eigenvalue weighted by Crippen LogP contribution is 2.42. The van der Waals surface area contributed by atoms with Gasteiger partial charge in [0, 0.05) is 0 Å². The number of nitrogens with zero attached hydrogens (tertiary/aromatic N) is 2. The van der Waals surface area contributed by atoms with Crippen LogP contribution in [0.4, 0.5) is 5.69 Å². The summed E-state index contributed by atoms with van der Waals surface area (Å²) in [6.45, 7) is 6.04. The van der Waals surface area contributed by atoms with Crippen LogP contribution in [0.2, 0.25) is 0 Å². The van der Waals surface area contributed by atoms with Crippen LogP contribution in [-0.4, -0.2) is 28.8 Å². The number of hydrogen-bond acceptors (Lipinski definition) is 5. The fourth-order valence-corrected chi connectivity index (χ4v) is 3.23. The average Bonchev–Trinajstić information content (AvgIpc) is 2.69. The smallest absolute Gasteiger partial charge is 0.266 e. The van der Waals surface area contributed by atoms with Crippen LogP contribution in [0.15, 0.2) is 36.4 Å². The van der Waals surface area contributed by atoms with Crippen molar-refractivity contribution in [1.29, 1.82) is 5.26 Å². The van der Waals surface area contributed by atoms with E-state index in [1.165, 1.54) is 11.0 Å². The van der Waals surface area contributed by atoms with Gasteiger partial charge in [-0.05, 0) is 42.2 Å². The molecule has 0 saturated heterocycles. The Morgan fingerprint density at radius 2 is 1.96 bits per heavy atom. The summed E-state index contributed by atoms with van der Waals surface area (Å²) >= 11 is 0. The Bertz CT molecular complexity index is 925. The number of carbonyl (C=O) groups excluding carboxylic acids is 1. The number of phenolic OH excluding ortho intramolecular Hbond substituents is 1. The Hall–Kier alpha value is -3.04. The first-order valence-electron chi connectivity index (χ1n) is 8.73. The van der Waals surface area contributed by atoms with E-state index in [2.05, 4.69) is 6.07 Å². The predicted octanol–water partition coefficient (Wildman–Crippen LogP) is 3.81. The topological polar surface area (TPSA) is 93.8 Å². The average molecular weight is 366 g/mol. The lowest BCUT2D eigenvalue weighted by Gasteiger charge is -2.28. The first-order valence-corrected chi connectivity index (χ1v) is 8.73. The van der Waals surface area contributed by atoms with Gasteiger partial charge in [0.05, 0.1) is 30.0 Å². The maximum absolute atomic E-state index is 13.2. The lowest BCUT2D eigenvalue weighted by molar-refractivity contribution is 0.0925. The molecule has 2 aromatic carbocycles. The summed E-state index contributed by atoms with van der Waals surface area (Å²) in [6, 6.07) is 11.4. The molecule has 3 rings (SSSR count). The number of aliphatic hydroxyl groups excluding tert-OH is 1. The molecular formula is C21H22N2O4. The van der Waals surface area contributed by atoms with E-state index in [9.17, 15) is 20.3 Å². The largest absolute Gasteiger partial charge is 0.507 e. The number of phenols is 1. The van der Waals surface area contributed by atoms with E-state index in [4.69, 9.17) is 4.74 Å². The highest BCUT2D eigenvalue weighted by atomic mass is 16.5. The van der Waals surface area contributed by atoms with Crippen molar-refractivity contribution in [3.63, 3.8) is 0 Å². The number of carbonyl (C=O) groups is 1. The molecule has 2 aromatic rings. The van der Waals surface area contributed by atoms with Crippen LogP contribution >= 0.6 is 0 Å². The molecule has 0 radical (unpaired) electrons. The molecule has 6 nitrogen and oxygen atoms in total. The number of anilines is 1. The summed E-state index contributed by atoms with van der Waals surface area (Å²) < 4.78 is 5.85. The van der Waals surface area contributed by atoms with Gasteiger partial charge in [-0.25, -0.2) is 0 Å². The Morgan fingerprint density at radius 3 is 2.63 bits per heavy atom. The third-order valence-corrected chi connectivity index (χ3v) is 4.30. The standard InChI is InChI=1S/C21H22N2O4/c1-21(2,3)10-14(24)12-23-15-9-13(11-22)7-8-17(15)27-18-6-4-5-16(25)19(18)20(23)26/h4-9,14,24-25H,10,12H2,1-3H3/t14-/m1/s1. The zero-order chi connectivity index (χ0) is 19.8. The molecule has 0 saturated carbocycles.